The van der Waals surface area contributed by atoms with Crippen molar-refractivity contribution in [2.75, 3.05) is 11.9 Å². The highest BCUT2D eigenvalue weighted by Crippen LogP contribution is 2.38. The molecule has 0 aromatic heterocycles. The van der Waals surface area contributed by atoms with E-state index in [1.165, 1.54) is 0 Å². The molecule has 0 atom stereocenters. The number of carbonyl (C=O) groups is 1. The van der Waals surface area contributed by atoms with Crippen molar-refractivity contribution >= 4 is 11.6 Å². The highest BCUT2D eigenvalue weighted by molar-refractivity contribution is 5.95. The van der Waals surface area contributed by atoms with Gasteiger partial charge in [-0.2, -0.15) is 0 Å². The number of anilines is 1. The van der Waals surface area contributed by atoms with Gasteiger partial charge < -0.3 is 11.1 Å². The molecule has 0 spiro atoms. The maximum atomic E-state index is 12.3. The molecule has 17 heavy (non-hydrogen) atoms. The monoisotopic (exact) mass is 232 g/mol. The summed E-state index contributed by atoms with van der Waals surface area (Å²) in [7, 11) is 0. The molecule has 3 N–H and O–H groups in total. The summed E-state index contributed by atoms with van der Waals surface area (Å²) in [5.74, 6) is 0.0862. The number of amides is 1. The lowest BCUT2D eigenvalue weighted by Crippen LogP contribution is -2.40. The second-order valence-electron chi connectivity index (χ2n) is 5.02. The van der Waals surface area contributed by atoms with E-state index in [2.05, 4.69) is 5.32 Å². The number of nitrogens with two attached hydrogens (primary N) is 1. The van der Waals surface area contributed by atoms with Crippen LogP contribution in [0.15, 0.2) is 24.3 Å². The van der Waals surface area contributed by atoms with Crippen LogP contribution in [-0.4, -0.2) is 12.5 Å². The van der Waals surface area contributed by atoms with E-state index in [1.54, 1.807) is 0 Å². The summed E-state index contributed by atoms with van der Waals surface area (Å²) in [6.07, 6.45) is 4.05. The number of carbonyl (C=O) groups excluding carboxylic acids is 1. The Bertz CT molecular complexity index is 408. The average Bonchev–Trinajstić information content (AvgIpc) is 2.78. The number of rotatable bonds is 3. The van der Waals surface area contributed by atoms with Gasteiger partial charge in [0.2, 0.25) is 5.91 Å². The van der Waals surface area contributed by atoms with Crippen LogP contribution in [0.5, 0.6) is 0 Å². The summed E-state index contributed by atoms with van der Waals surface area (Å²) in [5.41, 5.74) is 7.48. The molecule has 0 radical (unpaired) electrons. The van der Waals surface area contributed by atoms with Crippen LogP contribution in [0.25, 0.3) is 0 Å². The molecule has 1 aromatic rings. The van der Waals surface area contributed by atoms with E-state index in [-0.39, 0.29) is 11.3 Å². The maximum absolute atomic E-state index is 12.3. The first kappa shape index (κ1) is 12.1. The Morgan fingerprint density at radius 2 is 2.12 bits per heavy atom. The number of nitrogens with one attached hydrogen (secondary N) is 1. The standard InChI is InChI=1S/C14H20N2O/c1-11-5-4-6-12(9-11)16-13(17)14(10-15)7-2-3-8-14/h4-6,9H,2-3,7-8,10,15H2,1H3,(H,16,17). The Balaban J connectivity index is 2.10. The Morgan fingerprint density at radius 1 is 1.41 bits per heavy atom. The molecule has 92 valence electrons. The van der Waals surface area contributed by atoms with Crippen LogP contribution in [-0.2, 0) is 4.79 Å². The third kappa shape index (κ3) is 2.50. The van der Waals surface area contributed by atoms with E-state index < -0.39 is 0 Å². The average molecular weight is 232 g/mol. The van der Waals surface area contributed by atoms with E-state index in [0.29, 0.717) is 6.54 Å². The Hall–Kier alpha value is -1.35. The minimum absolute atomic E-state index is 0.0862. The predicted molar refractivity (Wildman–Crippen MR) is 69.8 cm³/mol. The number of aryl methyl sites for hydroxylation is 1. The molecular weight excluding hydrogens is 212 g/mol. The first-order chi connectivity index (χ1) is 8.16. The third-order valence-electron chi connectivity index (χ3n) is 3.71. The molecule has 3 heteroatoms. The van der Waals surface area contributed by atoms with Gasteiger partial charge in [0.1, 0.15) is 0 Å². The van der Waals surface area contributed by atoms with Crippen molar-refractivity contribution < 1.29 is 4.79 Å². The molecule has 1 aliphatic rings. The second-order valence-corrected chi connectivity index (χ2v) is 5.02. The fraction of sp³-hybridized carbons (Fsp3) is 0.500. The molecule has 0 aliphatic heterocycles. The smallest absolute Gasteiger partial charge is 0.231 e. The van der Waals surface area contributed by atoms with Gasteiger partial charge in [-0.25, -0.2) is 0 Å². The van der Waals surface area contributed by atoms with Crippen LogP contribution < -0.4 is 11.1 Å². The molecule has 2 rings (SSSR count). The van der Waals surface area contributed by atoms with E-state index in [9.17, 15) is 4.79 Å². The Morgan fingerprint density at radius 3 is 2.71 bits per heavy atom. The summed E-state index contributed by atoms with van der Waals surface area (Å²) in [4.78, 5) is 12.3. The lowest BCUT2D eigenvalue weighted by atomic mass is 9.85. The summed E-state index contributed by atoms with van der Waals surface area (Å²) in [5, 5.41) is 3.00. The lowest BCUT2D eigenvalue weighted by molar-refractivity contribution is -0.124. The van der Waals surface area contributed by atoms with Crippen molar-refractivity contribution in [2.45, 2.75) is 32.6 Å². The van der Waals surface area contributed by atoms with Crippen LogP contribution in [0.1, 0.15) is 31.2 Å². The van der Waals surface area contributed by atoms with Crippen LogP contribution >= 0.6 is 0 Å². The van der Waals surface area contributed by atoms with Crippen LogP contribution in [0, 0.1) is 12.3 Å². The number of hydrogen-bond acceptors (Lipinski definition) is 2. The topological polar surface area (TPSA) is 55.1 Å². The minimum Gasteiger partial charge on any atom is -0.329 e. The molecule has 0 heterocycles. The van der Waals surface area contributed by atoms with Crippen LogP contribution in [0.3, 0.4) is 0 Å². The van der Waals surface area contributed by atoms with Crippen LogP contribution in [0.4, 0.5) is 5.69 Å². The highest BCUT2D eigenvalue weighted by atomic mass is 16.2. The third-order valence-corrected chi connectivity index (χ3v) is 3.71. The van der Waals surface area contributed by atoms with Gasteiger partial charge in [-0.15, -0.1) is 0 Å². The quantitative estimate of drug-likeness (QED) is 0.841. The maximum Gasteiger partial charge on any atom is 0.231 e. The van der Waals surface area contributed by atoms with Crippen molar-refractivity contribution in [1.82, 2.24) is 0 Å². The van der Waals surface area contributed by atoms with Crippen molar-refractivity contribution in [3.8, 4) is 0 Å². The van der Waals surface area contributed by atoms with Gasteiger partial charge in [-0.1, -0.05) is 25.0 Å². The largest absolute Gasteiger partial charge is 0.329 e. The summed E-state index contributed by atoms with van der Waals surface area (Å²) < 4.78 is 0. The molecular formula is C14H20N2O. The second kappa shape index (κ2) is 4.88. The first-order valence-electron chi connectivity index (χ1n) is 6.24. The first-order valence-corrected chi connectivity index (χ1v) is 6.24. The molecule has 0 bridgehead atoms. The molecule has 1 saturated carbocycles. The SMILES string of the molecule is Cc1cccc(NC(=O)C2(CN)CCCC2)c1. The number of hydrogen-bond donors (Lipinski definition) is 2. The Kier molecular flexibility index (Phi) is 3.48. The fourth-order valence-corrected chi connectivity index (χ4v) is 2.56. The zero-order valence-electron chi connectivity index (χ0n) is 10.3. The van der Waals surface area contributed by atoms with E-state index >= 15 is 0 Å². The van der Waals surface area contributed by atoms with Gasteiger partial charge in [0.05, 0.1) is 5.41 Å². The summed E-state index contributed by atoms with van der Waals surface area (Å²) >= 11 is 0. The van der Waals surface area contributed by atoms with Crippen molar-refractivity contribution in [2.24, 2.45) is 11.1 Å². The van der Waals surface area contributed by atoms with Crippen LogP contribution in [0.2, 0.25) is 0 Å². The highest BCUT2D eigenvalue weighted by Gasteiger charge is 2.39. The van der Waals surface area contributed by atoms with E-state index in [1.807, 2.05) is 31.2 Å². The summed E-state index contributed by atoms with van der Waals surface area (Å²) in [6.45, 7) is 2.47. The zero-order valence-corrected chi connectivity index (χ0v) is 10.3. The van der Waals surface area contributed by atoms with Gasteiger partial charge >= 0.3 is 0 Å². The molecule has 3 nitrogen and oxygen atoms in total. The number of benzene rings is 1. The predicted octanol–water partition coefficient (Wildman–Crippen LogP) is 2.45. The zero-order chi connectivity index (χ0) is 12.3. The molecule has 0 saturated heterocycles. The van der Waals surface area contributed by atoms with Crippen molar-refractivity contribution in [1.29, 1.82) is 0 Å². The molecule has 1 aromatic carbocycles. The molecule has 0 unspecified atom stereocenters. The van der Waals surface area contributed by atoms with Gasteiger partial charge in [0.15, 0.2) is 0 Å². The molecule has 1 amide bonds. The van der Waals surface area contributed by atoms with Gasteiger partial charge in [-0.3, -0.25) is 4.79 Å². The van der Waals surface area contributed by atoms with Crippen molar-refractivity contribution in [3.63, 3.8) is 0 Å². The summed E-state index contributed by atoms with van der Waals surface area (Å²) in [6, 6.07) is 7.87. The lowest BCUT2D eigenvalue weighted by Gasteiger charge is -2.25. The minimum atomic E-state index is -0.330. The fourth-order valence-electron chi connectivity index (χ4n) is 2.56. The van der Waals surface area contributed by atoms with E-state index in [0.717, 1.165) is 36.9 Å². The van der Waals surface area contributed by atoms with Gasteiger partial charge in [0.25, 0.3) is 0 Å². The molecule has 1 fully saturated rings. The van der Waals surface area contributed by atoms with Gasteiger partial charge in [0, 0.05) is 12.2 Å². The van der Waals surface area contributed by atoms with Gasteiger partial charge in [-0.05, 0) is 37.5 Å². The van der Waals surface area contributed by atoms with Crippen molar-refractivity contribution in [3.05, 3.63) is 29.8 Å². The Labute approximate surface area is 102 Å². The molecule has 1 aliphatic carbocycles. The van der Waals surface area contributed by atoms with E-state index in [4.69, 9.17) is 5.73 Å². The normalized spacial score (nSPS) is 18.0.